The Balaban J connectivity index is 2.30. The maximum atomic E-state index is 5.89. The van der Waals surface area contributed by atoms with Gasteiger partial charge in [-0.2, -0.15) is 4.98 Å². The maximum absolute atomic E-state index is 5.89. The Morgan fingerprint density at radius 2 is 2.26 bits per heavy atom. The third-order valence-corrected chi connectivity index (χ3v) is 2.61. The summed E-state index contributed by atoms with van der Waals surface area (Å²) in [6, 6.07) is 7.24. The van der Waals surface area contributed by atoms with E-state index in [4.69, 9.17) is 15.0 Å². The van der Waals surface area contributed by atoms with Gasteiger partial charge in [-0.25, -0.2) is 0 Å². The van der Waals surface area contributed by atoms with Gasteiger partial charge in [0.1, 0.15) is 5.75 Å². The summed E-state index contributed by atoms with van der Waals surface area (Å²) in [5, 5.41) is 3.95. The highest BCUT2D eigenvalue weighted by Gasteiger charge is 2.16. The molecule has 5 heteroatoms. The molecule has 0 saturated heterocycles. The summed E-state index contributed by atoms with van der Waals surface area (Å²) < 4.78 is 10.7. The molecule has 5 nitrogen and oxygen atoms in total. The number of para-hydroxylation sites is 1. The second-order valence-corrected chi connectivity index (χ2v) is 4.02. The summed E-state index contributed by atoms with van der Waals surface area (Å²) in [7, 11) is 0. The molecule has 0 fully saturated rings. The lowest BCUT2D eigenvalue weighted by molar-refractivity contribution is 0.340. The van der Waals surface area contributed by atoms with Crippen LogP contribution in [0.4, 0.5) is 0 Å². The summed E-state index contributed by atoms with van der Waals surface area (Å²) >= 11 is 0. The normalized spacial score (nSPS) is 12.1. The molecule has 0 aliphatic carbocycles. The first kappa shape index (κ1) is 13.3. The standard InChI is InChI=1S/C14H17N3O2/c1-3-7-11(15)14-16-13(17-19-14)10-8-5-6-9-12(10)18-4-2/h3,5-6,8-9,11H,1,4,7,15H2,2H3. The van der Waals surface area contributed by atoms with Crippen molar-refractivity contribution in [3.8, 4) is 17.1 Å². The van der Waals surface area contributed by atoms with Crippen LogP contribution in [-0.4, -0.2) is 16.7 Å². The molecule has 1 aromatic heterocycles. The van der Waals surface area contributed by atoms with Crippen LogP contribution in [-0.2, 0) is 0 Å². The van der Waals surface area contributed by atoms with Gasteiger partial charge in [-0.15, -0.1) is 6.58 Å². The van der Waals surface area contributed by atoms with Gasteiger partial charge in [0.25, 0.3) is 0 Å². The lowest BCUT2D eigenvalue weighted by atomic mass is 10.2. The van der Waals surface area contributed by atoms with E-state index in [-0.39, 0.29) is 6.04 Å². The predicted molar refractivity (Wildman–Crippen MR) is 72.6 cm³/mol. The third-order valence-electron chi connectivity index (χ3n) is 2.61. The van der Waals surface area contributed by atoms with Crippen molar-refractivity contribution in [3.63, 3.8) is 0 Å². The number of rotatable bonds is 6. The molecule has 0 radical (unpaired) electrons. The van der Waals surface area contributed by atoms with Gasteiger partial charge in [-0.1, -0.05) is 23.4 Å². The highest BCUT2D eigenvalue weighted by molar-refractivity contribution is 5.63. The molecule has 2 rings (SSSR count). The number of hydrogen-bond acceptors (Lipinski definition) is 5. The largest absolute Gasteiger partial charge is 0.493 e. The zero-order valence-corrected chi connectivity index (χ0v) is 10.9. The second-order valence-electron chi connectivity index (χ2n) is 4.02. The Kier molecular flexibility index (Phi) is 4.30. The fourth-order valence-electron chi connectivity index (χ4n) is 1.71. The van der Waals surface area contributed by atoms with Gasteiger partial charge in [-0.3, -0.25) is 0 Å². The number of aromatic nitrogens is 2. The van der Waals surface area contributed by atoms with Gasteiger partial charge in [0, 0.05) is 0 Å². The van der Waals surface area contributed by atoms with Crippen LogP contribution in [0.2, 0.25) is 0 Å². The van der Waals surface area contributed by atoms with Crippen molar-refractivity contribution in [2.24, 2.45) is 5.73 Å². The minimum absolute atomic E-state index is 0.321. The van der Waals surface area contributed by atoms with E-state index in [9.17, 15) is 0 Å². The topological polar surface area (TPSA) is 74.2 Å². The summed E-state index contributed by atoms with van der Waals surface area (Å²) in [6.07, 6.45) is 2.32. The first-order valence-corrected chi connectivity index (χ1v) is 6.18. The minimum atomic E-state index is -0.321. The smallest absolute Gasteiger partial charge is 0.244 e. The third kappa shape index (κ3) is 3.00. The van der Waals surface area contributed by atoms with E-state index in [0.29, 0.717) is 24.7 Å². The summed E-state index contributed by atoms with van der Waals surface area (Å²) in [5.41, 5.74) is 6.69. The molecule has 2 aromatic rings. The van der Waals surface area contributed by atoms with Crippen LogP contribution >= 0.6 is 0 Å². The van der Waals surface area contributed by atoms with Crippen molar-refractivity contribution in [3.05, 3.63) is 42.8 Å². The molecule has 0 spiro atoms. The van der Waals surface area contributed by atoms with Crippen molar-refractivity contribution in [1.29, 1.82) is 0 Å². The zero-order chi connectivity index (χ0) is 13.7. The second kappa shape index (κ2) is 6.15. The van der Waals surface area contributed by atoms with Crippen molar-refractivity contribution in [2.45, 2.75) is 19.4 Å². The number of ether oxygens (including phenoxy) is 1. The number of nitrogens with zero attached hydrogens (tertiary/aromatic N) is 2. The first-order valence-electron chi connectivity index (χ1n) is 6.18. The average molecular weight is 259 g/mol. The molecule has 2 N–H and O–H groups in total. The molecule has 0 aliphatic heterocycles. The Morgan fingerprint density at radius 1 is 1.47 bits per heavy atom. The van der Waals surface area contributed by atoms with Gasteiger partial charge in [0.15, 0.2) is 0 Å². The highest BCUT2D eigenvalue weighted by atomic mass is 16.5. The number of hydrogen-bond donors (Lipinski definition) is 1. The van der Waals surface area contributed by atoms with E-state index < -0.39 is 0 Å². The quantitative estimate of drug-likeness (QED) is 0.807. The summed E-state index contributed by atoms with van der Waals surface area (Å²) in [5.74, 6) is 1.62. The molecular formula is C14H17N3O2. The van der Waals surface area contributed by atoms with Gasteiger partial charge in [-0.05, 0) is 25.5 Å². The van der Waals surface area contributed by atoms with E-state index >= 15 is 0 Å². The Morgan fingerprint density at radius 3 is 3.00 bits per heavy atom. The van der Waals surface area contributed by atoms with Crippen LogP contribution < -0.4 is 10.5 Å². The molecule has 1 atom stereocenters. The minimum Gasteiger partial charge on any atom is -0.493 e. The lowest BCUT2D eigenvalue weighted by Gasteiger charge is -2.06. The molecule has 1 unspecified atom stereocenters. The van der Waals surface area contributed by atoms with E-state index in [1.165, 1.54) is 0 Å². The number of benzene rings is 1. The first-order chi connectivity index (χ1) is 9.26. The highest BCUT2D eigenvalue weighted by Crippen LogP contribution is 2.28. The van der Waals surface area contributed by atoms with Crippen molar-refractivity contribution in [1.82, 2.24) is 10.1 Å². The Hall–Kier alpha value is -2.14. The molecule has 0 bridgehead atoms. The van der Waals surface area contributed by atoms with Crippen LogP contribution in [0, 0.1) is 0 Å². The molecular weight excluding hydrogens is 242 g/mol. The van der Waals surface area contributed by atoms with Crippen LogP contribution in [0.1, 0.15) is 25.3 Å². The van der Waals surface area contributed by atoms with Crippen molar-refractivity contribution in [2.75, 3.05) is 6.61 Å². The van der Waals surface area contributed by atoms with Gasteiger partial charge < -0.3 is 15.0 Å². The monoisotopic (exact) mass is 259 g/mol. The van der Waals surface area contributed by atoms with Gasteiger partial charge >= 0.3 is 0 Å². The van der Waals surface area contributed by atoms with E-state index in [1.54, 1.807) is 6.08 Å². The molecule has 100 valence electrons. The molecule has 19 heavy (non-hydrogen) atoms. The SMILES string of the molecule is C=CCC(N)c1nc(-c2ccccc2OCC)no1. The fourth-order valence-corrected chi connectivity index (χ4v) is 1.71. The van der Waals surface area contributed by atoms with Crippen LogP contribution in [0.25, 0.3) is 11.4 Å². The van der Waals surface area contributed by atoms with Crippen LogP contribution in [0.5, 0.6) is 5.75 Å². The summed E-state index contributed by atoms with van der Waals surface area (Å²) in [6.45, 7) is 6.15. The Labute approximate surface area is 112 Å². The lowest BCUT2D eigenvalue weighted by Crippen LogP contribution is -2.09. The van der Waals surface area contributed by atoms with E-state index in [0.717, 1.165) is 11.3 Å². The summed E-state index contributed by atoms with van der Waals surface area (Å²) in [4.78, 5) is 4.31. The molecule has 0 amide bonds. The van der Waals surface area contributed by atoms with Crippen molar-refractivity contribution < 1.29 is 9.26 Å². The van der Waals surface area contributed by atoms with Gasteiger partial charge in [0.2, 0.25) is 11.7 Å². The predicted octanol–water partition coefficient (Wildman–Crippen LogP) is 2.71. The maximum Gasteiger partial charge on any atom is 0.244 e. The average Bonchev–Trinajstić information content (AvgIpc) is 2.90. The fraction of sp³-hybridized carbons (Fsp3) is 0.286. The molecule has 0 saturated carbocycles. The number of nitrogens with two attached hydrogens (primary N) is 1. The van der Waals surface area contributed by atoms with Crippen LogP contribution in [0.3, 0.4) is 0 Å². The van der Waals surface area contributed by atoms with Crippen LogP contribution in [0.15, 0.2) is 41.4 Å². The zero-order valence-electron chi connectivity index (χ0n) is 10.9. The van der Waals surface area contributed by atoms with Gasteiger partial charge in [0.05, 0.1) is 18.2 Å². The molecule has 1 aromatic carbocycles. The Bertz CT molecular complexity index is 551. The van der Waals surface area contributed by atoms with Crippen molar-refractivity contribution >= 4 is 0 Å². The molecule has 1 heterocycles. The van der Waals surface area contributed by atoms with E-state index in [2.05, 4.69) is 16.7 Å². The molecule has 0 aliphatic rings. The van der Waals surface area contributed by atoms with E-state index in [1.807, 2.05) is 31.2 Å².